The van der Waals surface area contributed by atoms with Gasteiger partial charge in [0.25, 0.3) is 0 Å². The van der Waals surface area contributed by atoms with Gasteiger partial charge in [0.2, 0.25) is 0 Å². The summed E-state index contributed by atoms with van der Waals surface area (Å²) in [7, 11) is 0. The van der Waals surface area contributed by atoms with Crippen molar-refractivity contribution in [3.63, 3.8) is 0 Å². The van der Waals surface area contributed by atoms with Crippen LogP contribution in [0.5, 0.6) is 0 Å². The lowest BCUT2D eigenvalue weighted by Crippen LogP contribution is -2.12. The average Bonchev–Trinajstić information content (AvgIpc) is 2.98. The molecule has 2 heterocycles. The largest absolute Gasteiger partial charge is 0.306 e. The summed E-state index contributed by atoms with van der Waals surface area (Å²) in [6.07, 6.45) is 5.60. The van der Waals surface area contributed by atoms with Crippen molar-refractivity contribution in [1.29, 1.82) is 0 Å². The Morgan fingerprint density at radius 3 is 2.67 bits per heavy atom. The van der Waals surface area contributed by atoms with Crippen molar-refractivity contribution in [2.45, 2.75) is 13.1 Å². The molecule has 0 fully saturated rings. The minimum absolute atomic E-state index is 0.774. The van der Waals surface area contributed by atoms with Crippen LogP contribution in [0.3, 0.4) is 0 Å². The smallest absolute Gasteiger partial charge is 0.107 e. The Morgan fingerprint density at radius 2 is 1.90 bits per heavy atom. The summed E-state index contributed by atoms with van der Waals surface area (Å²) in [4.78, 5) is 9.77. The molecular weight excluding hydrogens is 346 g/mol. The fourth-order valence-electron chi connectivity index (χ4n) is 1.96. The molecule has 0 spiro atoms. The molecule has 0 atom stereocenters. The van der Waals surface area contributed by atoms with E-state index in [9.17, 15) is 0 Å². The van der Waals surface area contributed by atoms with E-state index in [1.165, 1.54) is 16.0 Å². The summed E-state index contributed by atoms with van der Waals surface area (Å²) >= 11 is 5.17. The van der Waals surface area contributed by atoms with E-state index in [0.29, 0.717) is 0 Å². The number of benzene rings is 1. The van der Waals surface area contributed by atoms with Gasteiger partial charge < -0.3 is 5.32 Å². The number of halogens is 1. The number of nitrogens with zero attached hydrogens (tertiary/aromatic N) is 2. The Morgan fingerprint density at radius 1 is 1.05 bits per heavy atom. The standard InChI is InChI=1S/C16H14BrN3S/c17-14-5-3-13(4-6-14)15-10-20-16(21-15)11-19-9-12-2-1-7-18-8-12/h1-8,10,19H,9,11H2. The number of aromatic nitrogens is 2. The van der Waals surface area contributed by atoms with Crippen LogP contribution in [0.25, 0.3) is 10.4 Å². The minimum Gasteiger partial charge on any atom is -0.306 e. The topological polar surface area (TPSA) is 37.8 Å². The van der Waals surface area contributed by atoms with E-state index in [1.807, 2.05) is 18.5 Å². The zero-order chi connectivity index (χ0) is 14.5. The molecular formula is C16H14BrN3S. The third-order valence-corrected chi connectivity index (χ3v) is 4.59. The molecule has 0 unspecified atom stereocenters. The Kier molecular flexibility index (Phi) is 4.75. The van der Waals surface area contributed by atoms with Gasteiger partial charge >= 0.3 is 0 Å². The van der Waals surface area contributed by atoms with Crippen molar-refractivity contribution in [3.8, 4) is 10.4 Å². The van der Waals surface area contributed by atoms with Crippen LogP contribution in [0.15, 0.2) is 59.5 Å². The van der Waals surface area contributed by atoms with Gasteiger partial charge in [0.15, 0.2) is 0 Å². The molecule has 0 aliphatic rings. The van der Waals surface area contributed by atoms with Crippen LogP contribution in [0.4, 0.5) is 0 Å². The Hall–Kier alpha value is -1.56. The van der Waals surface area contributed by atoms with Gasteiger partial charge in [0.05, 0.1) is 4.88 Å². The fraction of sp³-hybridized carbons (Fsp3) is 0.125. The lowest BCUT2D eigenvalue weighted by Gasteiger charge is -2.01. The highest BCUT2D eigenvalue weighted by Crippen LogP contribution is 2.27. The minimum atomic E-state index is 0.774. The van der Waals surface area contributed by atoms with Crippen LogP contribution >= 0.6 is 27.3 Å². The quantitative estimate of drug-likeness (QED) is 0.739. The molecule has 0 saturated carbocycles. The first-order valence-electron chi connectivity index (χ1n) is 6.61. The molecule has 3 nitrogen and oxygen atoms in total. The van der Waals surface area contributed by atoms with Crippen molar-refractivity contribution in [3.05, 3.63) is 70.0 Å². The third kappa shape index (κ3) is 3.97. The van der Waals surface area contributed by atoms with Gasteiger partial charge in [-0.3, -0.25) is 4.98 Å². The summed E-state index contributed by atoms with van der Waals surface area (Å²) in [6.45, 7) is 1.58. The highest BCUT2D eigenvalue weighted by Gasteiger charge is 2.04. The number of hydrogen-bond donors (Lipinski definition) is 1. The molecule has 21 heavy (non-hydrogen) atoms. The molecule has 1 aromatic carbocycles. The maximum absolute atomic E-state index is 4.47. The molecule has 5 heteroatoms. The van der Waals surface area contributed by atoms with Crippen LogP contribution < -0.4 is 5.32 Å². The number of hydrogen-bond acceptors (Lipinski definition) is 4. The zero-order valence-electron chi connectivity index (χ0n) is 11.3. The van der Waals surface area contributed by atoms with E-state index in [2.05, 4.69) is 61.5 Å². The molecule has 1 N–H and O–H groups in total. The van der Waals surface area contributed by atoms with Crippen molar-refractivity contribution >= 4 is 27.3 Å². The normalized spacial score (nSPS) is 10.7. The van der Waals surface area contributed by atoms with Crippen LogP contribution in [-0.4, -0.2) is 9.97 Å². The molecule has 0 amide bonds. The van der Waals surface area contributed by atoms with E-state index in [4.69, 9.17) is 0 Å². The highest BCUT2D eigenvalue weighted by atomic mass is 79.9. The molecule has 3 rings (SSSR count). The van der Waals surface area contributed by atoms with Crippen LogP contribution in [-0.2, 0) is 13.1 Å². The maximum atomic E-state index is 4.47. The average molecular weight is 360 g/mol. The second-order valence-electron chi connectivity index (χ2n) is 4.59. The predicted molar refractivity (Wildman–Crippen MR) is 90.0 cm³/mol. The second-order valence-corrected chi connectivity index (χ2v) is 6.62. The van der Waals surface area contributed by atoms with Gasteiger partial charge in [0.1, 0.15) is 5.01 Å². The summed E-state index contributed by atoms with van der Waals surface area (Å²) in [5.41, 5.74) is 2.39. The number of thiazole rings is 1. The van der Waals surface area contributed by atoms with Crippen LogP contribution in [0, 0.1) is 0 Å². The van der Waals surface area contributed by atoms with Crippen molar-refractivity contribution in [2.75, 3.05) is 0 Å². The molecule has 0 saturated heterocycles. The van der Waals surface area contributed by atoms with Gasteiger partial charge in [-0.2, -0.15) is 0 Å². The Labute approximate surface area is 136 Å². The molecule has 0 aliphatic carbocycles. The van der Waals surface area contributed by atoms with Gasteiger partial charge in [-0.1, -0.05) is 34.1 Å². The number of pyridine rings is 1. The highest BCUT2D eigenvalue weighted by molar-refractivity contribution is 9.10. The zero-order valence-corrected chi connectivity index (χ0v) is 13.7. The van der Waals surface area contributed by atoms with Gasteiger partial charge in [-0.25, -0.2) is 4.98 Å². The molecule has 0 aliphatic heterocycles. The fourth-order valence-corrected chi connectivity index (χ4v) is 3.11. The monoisotopic (exact) mass is 359 g/mol. The Balaban J connectivity index is 1.59. The molecule has 0 bridgehead atoms. The predicted octanol–water partition coefficient (Wildman–Crippen LogP) is 4.26. The lowest BCUT2D eigenvalue weighted by molar-refractivity contribution is 0.688. The second kappa shape index (κ2) is 6.93. The first-order chi connectivity index (χ1) is 10.3. The van der Waals surface area contributed by atoms with Crippen LogP contribution in [0.1, 0.15) is 10.6 Å². The lowest BCUT2D eigenvalue weighted by atomic mass is 10.2. The molecule has 0 radical (unpaired) electrons. The Bertz CT molecular complexity index is 695. The molecule has 3 aromatic rings. The van der Waals surface area contributed by atoms with E-state index in [0.717, 1.165) is 22.6 Å². The number of nitrogens with one attached hydrogen (secondary N) is 1. The first kappa shape index (κ1) is 14.4. The summed E-state index contributed by atoms with van der Waals surface area (Å²) < 4.78 is 1.09. The molecule has 106 valence electrons. The summed E-state index contributed by atoms with van der Waals surface area (Å²) in [5, 5.41) is 4.49. The van der Waals surface area contributed by atoms with Gasteiger partial charge in [-0.05, 0) is 29.3 Å². The van der Waals surface area contributed by atoms with E-state index in [1.54, 1.807) is 17.5 Å². The van der Waals surface area contributed by atoms with Gasteiger partial charge in [-0.15, -0.1) is 11.3 Å². The first-order valence-corrected chi connectivity index (χ1v) is 8.22. The van der Waals surface area contributed by atoms with Crippen LogP contribution in [0.2, 0.25) is 0 Å². The van der Waals surface area contributed by atoms with E-state index >= 15 is 0 Å². The third-order valence-electron chi connectivity index (χ3n) is 3.01. The molecule has 2 aromatic heterocycles. The van der Waals surface area contributed by atoms with E-state index in [-0.39, 0.29) is 0 Å². The summed E-state index contributed by atoms with van der Waals surface area (Å²) in [6, 6.07) is 12.3. The van der Waals surface area contributed by atoms with E-state index < -0.39 is 0 Å². The van der Waals surface area contributed by atoms with Crippen molar-refractivity contribution in [1.82, 2.24) is 15.3 Å². The van der Waals surface area contributed by atoms with Crippen molar-refractivity contribution in [2.24, 2.45) is 0 Å². The van der Waals surface area contributed by atoms with Gasteiger partial charge in [0, 0.05) is 36.2 Å². The maximum Gasteiger partial charge on any atom is 0.107 e. The SMILES string of the molecule is Brc1ccc(-c2cnc(CNCc3cccnc3)s2)cc1. The number of rotatable bonds is 5. The van der Waals surface area contributed by atoms with Crippen molar-refractivity contribution < 1.29 is 0 Å². The summed E-state index contributed by atoms with van der Waals surface area (Å²) in [5.74, 6) is 0.